The van der Waals surface area contributed by atoms with Gasteiger partial charge in [-0.05, 0) is 43.9 Å². The highest BCUT2D eigenvalue weighted by Gasteiger charge is 2.40. The molecular weight excluding hydrogens is 255 g/mol. The predicted octanol–water partition coefficient (Wildman–Crippen LogP) is 3.09. The highest BCUT2D eigenvalue weighted by molar-refractivity contribution is 6.00. The summed E-state index contributed by atoms with van der Waals surface area (Å²) in [5, 5.41) is 0. The van der Waals surface area contributed by atoms with Crippen LogP contribution in [0.25, 0.3) is 0 Å². The third kappa shape index (κ3) is 3.01. The van der Waals surface area contributed by atoms with Gasteiger partial charge in [0, 0.05) is 12.2 Å². The Bertz CT molecular complexity index is 491. The van der Waals surface area contributed by atoms with Crippen molar-refractivity contribution in [3.05, 3.63) is 30.1 Å². The third-order valence-corrected chi connectivity index (χ3v) is 4.14. The molecular formula is C16H23FN2O. The normalized spacial score (nSPS) is 26.3. The van der Waals surface area contributed by atoms with Crippen molar-refractivity contribution in [2.24, 2.45) is 11.7 Å². The maximum absolute atomic E-state index is 13.4. The minimum Gasteiger partial charge on any atom is -0.317 e. The van der Waals surface area contributed by atoms with Crippen molar-refractivity contribution in [1.29, 1.82) is 0 Å². The average molecular weight is 278 g/mol. The zero-order chi connectivity index (χ0) is 14.8. The highest BCUT2D eigenvalue weighted by atomic mass is 19.1. The van der Waals surface area contributed by atoms with E-state index in [0.717, 1.165) is 12.8 Å². The molecule has 1 fully saturated rings. The van der Waals surface area contributed by atoms with Crippen LogP contribution >= 0.6 is 0 Å². The summed E-state index contributed by atoms with van der Waals surface area (Å²) in [6.07, 6.45) is 3.52. The first-order chi connectivity index (χ1) is 9.46. The molecule has 0 bridgehead atoms. The number of anilines is 1. The monoisotopic (exact) mass is 278 g/mol. The lowest BCUT2D eigenvalue weighted by Crippen LogP contribution is -2.57. The van der Waals surface area contributed by atoms with Crippen LogP contribution in [0.4, 0.5) is 10.1 Å². The van der Waals surface area contributed by atoms with Gasteiger partial charge < -0.3 is 10.6 Å². The average Bonchev–Trinajstić information content (AvgIpc) is 2.39. The van der Waals surface area contributed by atoms with Crippen molar-refractivity contribution in [2.75, 3.05) is 11.4 Å². The maximum atomic E-state index is 13.4. The lowest BCUT2D eigenvalue weighted by atomic mass is 9.76. The summed E-state index contributed by atoms with van der Waals surface area (Å²) in [4.78, 5) is 14.4. The summed E-state index contributed by atoms with van der Waals surface area (Å²) in [6.45, 7) is 4.51. The fourth-order valence-corrected chi connectivity index (χ4v) is 3.14. The maximum Gasteiger partial charge on any atom is 0.247 e. The van der Waals surface area contributed by atoms with Crippen LogP contribution in [0.1, 0.15) is 39.5 Å². The van der Waals surface area contributed by atoms with Gasteiger partial charge in [-0.3, -0.25) is 4.79 Å². The molecule has 0 aromatic heterocycles. The molecule has 1 aliphatic rings. The molecule has 1 saturated carbocycles. The van der Waals surface area contributed by atoms with Gasteiger partial charge in [-0.25, -0.2) is 4.39 Å². The van der Waals surface area contributed by atoms with Gasteiger partial charge in [0.2, 0.25) is 5.91 Å². The number of rotatable bonds is 3. The van der Waals surface area contributed by atoms with Gasteiger partial charge in [0.05, 0.1) is 5.54 Å². The molecule has 0 spiro atoms. The summed E-state index contributed by atoms with van der Waals surface area (Å²) >= 11 is 0. The summed E-state index contributed by atoms with van der Waals surface area (Å²) in [5.74, 6) is 0.0397. The number of nitrogens with zero attached hydrogens (tertiary/aromatic N) is 1. The van der Waals surface area contributed by atoms with Crippen molar-refractivity contribution in [3.8, 4) is 0 Å². The number of carbonyl (C=O) groups excluding carboxylic acids is 1. The zero-order valence-corrected chi connectivity index (χ0v) is 12.2. The number of likely N-dealkylation sites (N-methyl/N-ethyl adjacent to an activating group) is 1. The Labute approximate surface area is 120 Å². The van der Waals surface area contributed by atoms with E-state index >= 15 is 0 Å². The molecule has 0 heterocycles. The Kier molecular flexibility index (Phi) is 4.43. The Morgan fingerprint density at radius 1 is 1.55 bits per heavy atom. The van der Waals surface area contributed by atoms with Crippen LogP contribution in [-0.4, -0.2) is 18.0 Å². The van der Waals surface area contributed by atoms with E-state index < -0.39 is 5.54 Å². The van der Waals surface area contributed by atoms with Crippen molar-refractivity contribution in [1.82, 2.24) is 0 Å². The molecule has 110 valence electrons. The van der Waals surface area contributed by atoms with Crippen LogP contribution in [0.5, 0.6) is 0 Å². The topological polar surface area (TPSA) is 46.3 Å². The molecule has 0 saturated heterocycles. The molecule has 2 atom stereocenters. The predicted molar refractivity (Wildman–Crippen MR) is 79.0 cm³/mol. The number of amides is 1. The van der Waals surface area contributed by atoms with E-state index in [9.17, 15) is 9.18 Å². The smallest absolute Gasteiger partial charge is 0.247 e. The molecule has 1 aromatic rings. The summed E-state index contributed by atoms with van der Waals surface area (Å²) in [5.41, 5.74) is 6.14. The van der Waals surface area contributed by atoms with Crippen molar-refractivity contribution >= 4 is 11.6 Å². The van der Waals surface area contributed by atoms with Crippen LogP contribution in [0.15, 0.2) is 24.3 Å². The van der Waals surface area contributed by atoms with Crippen LogP contribution < -0.4 is 10.6 Å². The fraction of sp³-hybridized carbons (Fsp3) is 0.562. The number of hydrogen-bond acceptors (Lipinski definition) is 2. The molecule has 3 nitrogen and oxygen atoms in total. The molecule has 20 heavy (non-hydrogen) atoms. The van der Waals surface area contributed by atoms with E-state index in [0.29, 0.717) is 31.0 Å². The quantitative estimate of drug-likeness (QED) is 0.923. The standard InChI is InChI=1S/C16H23FN2O/c1-3-19(14-8-4-7-13(17)10-14)15(20)16(18)9-5-6-12(2)11-16/h4,7-8,10,12H,3,5-6,9,11,18H2,1-2H3. The largest absolute Gasteiger partial charge is 0.317 e. The van der Waals surface area contributed by atoms with Crippen LogP contribution in [0.2, 0.25) is 0 Å². The first-order valence-electron chi connectivity index (χ1n) is 7.32. The van der Waals surface area contributed by atoms with E-state index in [1.807, 2.05) is 6.92 Å². The molecule has 0 radical (unpaired) electrons. The van der Waals surface area contributed by atoms with Crippen LogP contribution in [0, 0.1) is 11.7 Å². The van der Waals surface area contributed by atoms with Crippen molar-refractivity contribution in [2.45, 2.75) is 45.1 Å². The summed E-state index contributed by atoms with van der Waals surface area (Å²) < 4.78 is 13.4. The number of carbonyl (C=O) groups is 1. The molecule has 1 amide bonds. The van der Waals surface area contributed by atoms with E-state index in [-0.39, 0.29) is 11.7 Å². The molecule has 1 aliphatic carbocycles. The van der Waals surface area contributed by atoms with Crippen LogP contribution in [-0.2, 0) is 4.79 Å². The first-order valence-corrected chi connectivity index (χ1v) is 7.32. The second-order valence-corrected chi connectivity index (χ2v) is 5.89. The lowest BCUT2D eigenvalue weighted by molar-refractivity contribution is -0.125. The molecule has 0 aliphatic heterocycles. The van der Waals surface area contributed by atoms with Gasteiger partial charge in [0.25, 0.3) is 0 Å². The van der Waals surface area contributed by atoms with Gasteiger partial charge in [0.15, 0.2) is 0 Å². The zero-order valence-electron chi connectivity index (χ0n) is 12.2. The van der Waals surface area contributed by atoms with Gasteiger partial charge >= 0.3 is 0 Å². The minimum atomic E-state index is -0.806. The summed E-state index contributed by atoms with van der Waals surface area (Å²) in [6, 6.07) is 6.13. The Hall–Kier alpha value is -1.42. The number of halogens is 1. The first kappa shape index (κ1) is 15.0. The molecule has 2 rings (SSSR count). The second kappa shape index (κ2) is 5.92. The van der Waals surface area contributed by atoms with Gasteiger partial charge in [-0.1, -0.05) is 25.8 Å². The van der Waals surface area contributed by atoms with E-state index in [1.54, 1.807) is 17.0 Å². The molecule has 4 heteroatoms. The van der Waals surface area contributed by atoms with E-state index in [2.05, 4.69) is 6.92 Å². The third-order valence-electron chi connectivity index (χ3n) is 4.14. The van der Waals surface area contributed by atoms with Crippen molar-refractivity contribution < 1.29 is 9.18 Å². The Morgan fingerprint density at radius 2 is 2.30 bits per heavy atom. The van der Waals surface area contributed by atoms with Crippen LogP contribution in [0.3, 0.4) is 0 Å². The minimum absolute atomic E-state index is 0.0860. The van der Waals surface area contributed by atoms with E-state index in [4.69, 9.17) is 5.73 Å². The van der Waals surface area contributed by atoms with Gasteiger partial charge in [0.1, 0.15) is 5.82 Å². The summed E-state index contributed by atoms with van der Waals surface area (Å²) in [7, 11) is 0. The van der Waals surface area contributed by atoms with Crippen molar-refractivity contribution in [3.63, 3.8) is 0 Å². The Balaban J connectivity index is 2.25. The molecule has 1 aromatic carbocycles. The van der Waals surface area contributed by atoms with Gasteiger partial charge in [-0.15, -0.1) is 0 Å². The number of hydrogen-bond donors (Lipinski definition) is 1. The molecule has 2 N–H and O–H groups in total. The van der Waals surface area contributed by atoms with Gasteiger partial charge in [-0.2, -0.15) is 0 Å². The lowest BCUT2D eigenvalue weighted by Gasteiger charge is -2.39. The number of nitrogens with two attached hydrogens (primary N) is 1. The fourth-order valence-electron chi connectivity index (χ4n) is 3.14. The number of benzene rings is 1. The Morgan fingerprint density at radius 3 is 2.90 bits per heavy atom. The SMILES string of the molecule is CCN(C(=O)C1(N)CCCC(C)C1)c1cccc(F)c1. The second-order valence-electron chi connectivity index (χ2n) is 5.89. The highest BCUT2D eigenvalue weighted by Crippen LogP contribution is 2.33. The molecule has 2 unspecified atom stereocenters. The van der Waals surface area contributed by atoms with E-state index in [1.165, 1.54) is 12.1 Å².